The topological polar surface area (TPSA) is 26.0 Å². The van der Waals surface area contributed by atoms with Crippen molar-refractivity contribution in [3.8, 4) is 11.1 Å². The third-order valence-electron chi connectivity index (χ3n) is 2.68. The van der Waals surface area contributed by atoms with E-state index in [2.05, 4.69) is 0 Å². The number of halogens is 3. The van der Waals surface area contributed by atoms with Crippen molar-refractivity contribution >= 4 is 24.0 Å². The second-order valence-electron chi connectivity index (χ2n) is 4.03. The first-order valence-electron chi connectivity index (χ1n) is 5.39. The molecule has 0 aliphatic rings. The summed E-state index contributed by atoms with van der Waals surface area (Å²) in [4.78, 5) is 0. The molecule has 0 fully saturated rings. The average Bonchev–Trinajstić information content (AvgIpc) is 2.32. The standard InChI is InChI=1S/C14H13ClFN.ClH/c1-9(17)10-2-4-11(5-3-10)13-8-12(15)6-7-14(13)16;/h2-9H,17H2,1H3;1H. The van der Waals surface area contributed by atoms with Crippen LogP contribution in [0.15, 0.2) is 42.5 Å². The molecule has 2 N–H and O–H groups in total. The molecule has 0 aliphatic heterocycles. The zero-order valence-corrected chi connectivity index (χ0v) is 11.4. The Kier molecular flexibility index (Phi) is 5.15. The van der Waals surface area contributed by atoms with Crippen molar-refractivity contribution in [3.63, 3.8) is 0 Å². The van der Waals surface area contributed by atoms with Crippen molar-refractivity contribution in [2.24, 2.45) is 5.73 Å². The van der Waals surface area contributed by atoms with E-state index >= 15 is 0 Å². The van der Waals surface area contributed by atoms with Gasteiger partial charge in [-0.1, -0.05) is 35.9 Å². The summed E-state index contributed by atoms with van der Waals surface area (Å²) < 4.78 is 13.6. The molecule has 0 saturated carbocycles. The number of hydrogen-bond acceptors (Lipinski definition) is 1. The van der Waals surface area contributed by atoms with Crippen LogP contribution in [0.5, 0.6) is 0 Å². The van der Waals surface area contributed by atoms with Crippen LogP contribution in [0.3, 0.4) is 0 Å². The van der Waals surface area contributed by atoms with Gasteiger partial charge in [0.25, 0.3) is 0 Å². The number of rotatable bonds is 2. The molecule has 2 rings (SSSR count). The highest BCUT2D eigenvalue weighted by molar-refractivity contribution is 6.30. The Labute approximate surface area is 117 Å². The van der Waals surface area contributed by atoms with Crippen molar-refractivity contribution in [2.45, 2.75) is 13.0 Å². The highest BCUT2D eigenvalue weighted by Crippen LogP contribution is 2.26. The first-order valence-corrected chi connectivity index (χ1v) is 5.76. The Morgan fingerprint density at radius 1 is 1.11 bits per heavy atom. The molecule has 0 heterocycles. The molecule has 0 amide bonds. The van der Waals surface area contributed by atoms with E-state index in [0.717, 1.165) is 11.1 Å². The van der Waals surface area contributed by atoms with E-state index in [1.165, 1.54) is 12.1 Å². The Hall–Kier alpha value is -1.09. The highest BCUT2D eigenvalue weighted by atomic mass is 35.5. The van der Waals surface area contributed by atoms with Gasteiger partial charge in [-0.25, -0.2) is 4.39 Å². The minimum atomic E-state index is -0.275. The summed E-state index contributed by atoms with van der Waals surface area (Å²) in [5, 5.41) is 0.526. The molecule has 4 heteroatoms. The fraction of sp³-hybridized carbons (Fsp3) is 0.143. The lowest BCUT2D eigenvalue weighted by molar-refractivity contribution is 0.631. The fourth-order valence-electron chi connectivity index (χ4n) is 1.68. The van der Waals surface area contributed by atoms with Gasteiger partial charge in [0.1, 0.15) is 5.82 Å². The van der Waals surface area contributed by atoms with E-state index in [4.69, 9.17) is 17.3 Å². The van der Waals surface area contributed by atoms with Crippen LogP contribution in [0.1, 0.15) is 18.5 Å². The summed E-state index contributed by atoms with van der Waals surface area (Å²) in [5.74, 6) is -0.275. The molecular formula is C14H14Cl2FN. The lowest BCUT2D eigenvalue weighted by Crippen LogP contribution is -2.04. The lowest BCUT2D eigenvalue weighted by atomic mass is 10.0. The zero-order chi connectivity index (χ0) is 12.4. The third-order valence-corrected chi connectivity index (χ3v) is 2.91. The second-order valence-corrected chi connectivity index (χ2v) is 4.47. The Morgan fingerprint density at radius 3 is 2.28 bits per heavy atom. The number of benzene rings is 2. The molecule has 18 heavy (non-hydrogen) atoms. The monoisotopic (exact) mass is 285 g/mol. The molecule has 0 saturated heterocycles. The van der Waals surface area contributed by atoms with E-state index in [1.807, 2.05) is 31.2 Å². The van der Waals surface area contributed by atoms with E-state index in [1.54, 1.807) is 6.07 Å². The van der Waals surface area contributed by atoms with E-state index in [-0.39, 0.29) is 24.3 Å². The lowest BCUT2D eigenvalue weighted by Gasteiger charge is -2.08. The van der Waals surface area contributed by atoms with Gasteiger partial charge in [0.15, 0.2) is 0 Å². The average molecular weight is 286 g/mol. The van der Waals surface area contributed by atoms with Crippen molar-refractivity contribution in [3.05, 3.63) is 58.9 Å². The molecule has 0 spiro atoms. The van der Waals surface area contributed by atoms with Gasteiger partial charge in [-0.15, -0.1) is 12.4 Å². The van der Waals surface area contributed by atoms with Gasteiger partial charge >= 0.3 is 0 Å². The van der Waals surface area contributed by atoms with Crippen LogP contribution in [0, 0.1) is 5.82 Å². The third kappa shape index (κ3) is 3.22. The molecule has 0 aliphatic carbocycles. The predicted molar refractivity (Wildman–Crippen MR) is 76.7 cm³/mol. The highest BCUT2D eigenvalue weighted by Gasteiger charge is 2.06. The minimum absolute atomic E-state index is 0. The normalized spacial score (nSPS) is 11.8. The van der Waals surface area contributed by atoms with Crippen LogP contribution < -0.4 is 5.73 Å². The fourth-order valence-corrected chi connectivity index (χ4v) is 1.86. The second kappa shape index (κ2) is 6.19. The van der Waals surface area contributed by atoms with E-state index < -0.39 is 0 Å². The van der Waals surface area contributed by atoms with Gasteiger partial charge in [-0.05, 0) is 36.2 Å². The molecule has 1 atom stereocenters. The van der Waals surface area contributed by atoms with Crippen LogP contribution in [0.25, 0.3) is 11.1 Å². The molecule has 2 aromatic rings. The maximum atomic E-state index is 13.6. The maximum Gasteiger partial charge on any atom is 0.131 e. The summed E-state index contributed by atoms with van der Waals surface area (Å²) >= 11 is 5.86. The van der Waals surface area contributed by atoms with Gasteiger partial charge in [0, 0.05) is 16.6 Å². The number of nitrogens with two attached hydrogens (primary N) is 1. The first kappa shape index (κ1) is 15.0. The largest absolute Gasteiger partial charge is 0.324 e. The van der Waals surface area contributed by atoms with E-state index in [0.29, 0.717) is 10.6 Å². The molecule has 96 valence electrons. The van der Waals surface area contributed by atoms with Crippen LogP contribution in [0.4, 0.5) is 4.39 Å². The number of hydrogen-bond donors (Lipinski definition) is 1. The SMILES string of the molecule is CC(N)c1ccc(-c2cc(Cl)ccc2F)cc1.Cl. The van der Waals surface area contributed by atoms with Gasteiger partial charge < -0.3 is 5.73 Å². The van der Waals surface area contributed by atoms with Gasteiger partial charge in [-0.3, -0.25) is 0 Å². The van der Waals surface area contributed by atoms with Crippen LogP contribution in [-0.4, -0.2) is 0 Å². The Balaban J connectivity index is 0.00000162. The summed E-state index contributed by atoms with van der Waals surface area (Å²) in [6, 6.07) is 12.0. The van der Waals surface area contributed by atoms with Crippen molar-refractivity contribution < 1.29 is 4.39 Å². The smallest absolute Gasteiger partial charge is 0.131 e. The van der Waals surface area contributed by atoms with Gasteiger partial charge in [-0.2, -0.15) is 0 Å². The molecule has 0 bridgehead atoms. The molecule has 2 aromatic carbocycles. The molecule has 1 unspecified atom stereocenters. The van der Waals surface area contributed by atoms with Crippen molar-refractivity contribution in [1.29, 1.82) is 0 Å². The molecule has 1 nitrogen and oxygen atoms in total. The van der Waals surface area contributed by atoms with Crippen molar-refractivity contribution in [2.75, 3.05) is 0 Å². The van der Waals surface area contributed by atoms with Crippen molar-refractivity contribution in [1.82, 2.24) is 0 Å². The van der Waals surface area contributed by atoms with Crippen LogP contribution >= 0.6 is 24.0 Å². The summed E-state index contributed by atoms with van der Waals surface area (Å²) in [6.45, 7) is 1.91. The summed E-state index contributed by atoms with van der Waals surface area (Å²) in [6.07, 6.45) is 0. The molecular weight excluding hydrogens is 272 g/mol. The minimum Gasteiger partial charge on any atom is -0.324 e. The van der Waals surface area contributed by atoms with Crippen LogP contribution in [-0.2, 0) is 0 Å². The van der Waals surface area contributed by atoms with Gasteiger partial charge in [0.2, 0.25) is 0 Å². The quantitative estimate of drug-likeness (QED) is 0.858. The Bertz CT molecular complexity index is 524. The van der Waals surface area contributed by atoms with Gasteiger partial charge in [0.05, 0.1) is 0 Å². The van der Waals surface area contributed by atoms with E-state index in [9.17, 15) is 4.39 Å². The maximum absolute atomic E-state index is 13.6. The predicted octanol–water partition coefficient (Wildman–Crippen LogP) is 4.59. The summed E-state index contributed by atoms with van der Waals surface area (Å²) in [5.41, 5.74) is 8.09. The first-order chi connectivity index (χ1) is 8.08. The summed E-state index contributed by atoms with van der Waals surface area (Å²) in [7, 11) is 0. The zero-order valence-electron chi connectivity index (χ0n) is 9.86. The molecule has 0 aromatic heterocycles. The van der Waals surface area contributed by atoms with Crippen LogP contribution in [0.2, 0.25) is 5.02 Å². The Morgan fingerprint density at radius 2 is 1.72 bits per heavy atom. The molecule has 0 radical (unpaired) electrons.